The van der Waals surface area contributed by atoms with Gasteiger partial charge in [-0.25, -0.2) is 0 Å². The van der Waals surface area contributed by atoms with E-state index in [0.29, 0.717) is 6.10 Å². The quantitative estimate of drug-likeness (QED) is 0.663. The van der Waals surface area contributed by atoms with Crippen molar-refractivity contribution in [1.29, 1.82) is 0 Å². The number of rotatable bonds is 2. The van der Waals surface area contributed by atoms with Crippen LogP contribution in [-0.4, -0.2) is 12.2 Å². The molecule has 0 N–H and O–H groups in total. The minimum absolute atomic E-state index is 0.0863. The summed E-state index contributed by atoms with van der Waals surface area (Å²) < 4.78 is 7.89. The molecule has 0 saturated carbocycles. The molecule has 1 heterocycles. The maximum absolute atomic E-state index is 6.48. The molecule has 4 heteroatoms. The monoisotopic (exact) mass is 366 g/mol. The van der Waals surface area contributed by atoms with Crippen LogP contribution in [0.2, 0.25) is 0 Å². The van der Waals surface area contributed by atoms with Gasteiger partial charge in [-0.1, -0.05) is 31.9 Å². The average Bonchev–Trinajstić information content (AvgIpc) is 2.67. The van der Waals surface area contributed by atoms with Gasteiger partial charge in [-0.05, 0) is 43.5 Å². The van der Waals surface area contributed by atoms with E-state index in [4.69, 9.17) is 16.3 Å². The molecule has 1 aromatic rings. The minimum atomic E-state index is -0.0863. The lowest BCUT2D eigenvalue weighted by atomic mass is 10.1. The Hall–Kier alpha value is 0.430. The van der Waals surface area contributed by atoms with E-state index < -0.39 is 0 Å². The van der Waals surface area contributed by atoms with Crippen LogP contribution in [0.3, 0.4) is 0 Å². The first kappa shape index (κ1) is 12.9. The first-order chi connectivity index (χ1) is 7.58. The maximum Gasteiger partial charge on any atom is 0.0858 e. The molecule has 2 rings (SSSR count). The third-order valence-corrected chi connectivity index (χ3v) is 4.58. The van der Waals surface area contributed by atoms with E-state index in [1.54, 1.807) is 0 Å². The van der Waals surface area contributed by atoms with E-state index in [2.05, 4.69) is 38.8 Å². The Balaban J connectivity index is 2.20. The highest BCUT2D eigenvalue weighted by atomic mass is 79.9. The lowest BCUT2D eigenvalue weighted by Gasteiger charge is -2.19. The van der Waals surface area contributed by atoms with Crippen LogP contribution in [0, 0.1) is 0 Å². The molecule has 1 saturated heterocycles. The summed E-state index contributed by atoms with van der Waals surface area (Å²) in [7, 11) is 0. The summed E-state index contributed by atoms with van der Waals surface area (Å²) >= 11 is 13.5. The zero-order valence-electron chi connectivity index (χ0n) is 8.92. The summed E-state index contributed by atoms with van der Waals surface area (Å²) in [5.74, 6) is 0. The Bertz CT molecular complexity index is 383. The number of hydrogen-bond donors (Lipinski definition) is 0. The predicted octanol–water partition coefficient (Wildman–Crippen LogP) is 5.06. The Labute approximate surface area is 118 Å². The molecule has 16 heavy (non-hydrogen) atoms. The van der Waals surface area contributed by atoms with E-state index in [1.807, 2.05) is 18.2 Å². The van der Waals surface area contributed by atoms with Crippen molar-refractivity contribution >= 4 is 43.5 Å². The fraction of sp³-hybridized carbons (Fsp3) is 0.500. The molecule has 3 unspecified atom stereocenters. The van der Waals surface area contributed by atoms with Crippen molar-refractivity contribution in [2.45, 2.75) is 37.4 Å². The molecular formula is C12H13Br2ClO. The van der Waals surface area contributed by atoms with Crippen LogP contribution in [0.1, 0.15) is 30.7 Å². The molecule has 0 spiro atoms. The van der Waals surface area contributed by atoms with Crippen molar-refractivity contribution in [2.75, 3.05) is 0 Å². The summed E-state index contributed by atoms with van der Waals surface area (Å²) in [5, 5.41) is -0.0863. The SMILES string of the molecule is CC1CCC(C(Cl)c2cc(Br)ccc2Br)O1. The third-order valence-electron chi connectivity index (χ3n) is 2.85. The van der Waals surface area contributed by atoms with Gasteiger partial charge in [0.05, 0.1) is 17.6 Å². The molecule has 1 aromatic carbocycles. The van der Waals surface area contributed by atoms with Crippen LogP contribution < -0.4 is 0 Å². The van der Waals surface area contributed by atoms with Crippen molar-refractivity contribution in [1.82, 2.24) is 0 Å². The van der Waals surface area contributed by atoms with Crippen molar-refractivity contribution in [3.8, 4) is 0 Å². The van der Waals surface area contributed by atoms with Gasteiger partial charge in [-0.2, -0.15) is 0 Å². The Morgan fingerprint density at radius 1 is 1.38 bits per heavy atom. The highest BCUT2D eigenvalue weighted by molar-refractivity contribution is 9.11. The molecule has 0 aromatic heterocycles. The van der Waals surface area contributed by atoms with E-state index in [0.717, 1.165) is 27.4 Å². The van der Waals surface area contributed by atoms with Crippen LogP contribution in [0.5, 0.6) is 0 Å². The molecule has 1 fully saturated rings. The topological polar surface area (TPSA) is 9.23 Å². The van der Waals surface area contributed by atoms with Crippen LogP contribution in [-0.2, 0) is 4.74 Å². The summed E-state index contributed by atoms with van der Waals surface area (Å²) in [5.41, 5.74) is 1.09. The van der Waals surface area contributed by atoms with E-state index in [1.165, 1.54) is 0 Å². The largest absolute Gasteiger partial charge is 0.373 e. The first-order valence-corrected chi connectivity index (χ1v) is 7.34. The van der Waals surface area contributed by atoms with Crippen molar-refractivity contribution in [3.05, 3.63) is 32.7 Å². The second-order valence-electron chi connectivity index (χ2n) is 4.13. The molecule has 3 atom stereocenters. The van der Waals surface area contributed by atoms with Crippen LogP contribution in [0.15, 0.2) is 27.1 Å². The van der Waals surface area contributed by atoms with Gasteiger partial charge in [-0.15, -0.1) is 11.6 Å². The van der Waals surface area contributed by atoms with Crippen molar-refractivity contribution in [3.63, 3.8) is 0 Å². The fourth-order valence-electron chi connectivity index (χ4n) is 1.97. The summed E-state index contributed by atoms with van der Waals surface area (Å²) in [6.07, 6.45) is 2.59. The second-order valence-corrected chi connectivity index (χ2v) is 6.37. The number of ether oxygens (including phenoxy) is 1. The number of benzene rings is 1. The van der Waals surface area contributed by atoms with Gasteiger partial charge in [0.25, 0.3) is 0 Å². The van der Waals surface area contributed by atoms with Gasteiger partial charge >= 0.3 is 0 Å². The van der Waals surface area contributed by atoms with Crippen LogP contribution in [0.25, 0.3) is 0 Å². The van der Waals surface area contributed by atoms with Gasteiger partial charge in [0, 0.05) is 8.95 Å². The van der Waals surface area contributed by atoms with E-state index in [9.17, 15) is 0 Å². The molecule has 1 aliphatic heterocycles. The van der Waals surface area contributed by atoms with Gasteiger partial charge in [0.2, 0.25) is 0 Å². The zero-order valence-corrected chi connectivity index (χ0v) is 12.8. The molecule has 0 bridgehead atoms. The molecule has 0 radical (unpaired) electrons. The number of alkyl halides is 1. The minimum Gasteiger partial charge on any atom is -0.373 e. The standard InChI is InChI=1S/C12H13Br2ClO/c1-7-2-5-11(16-7)12(15)9-6-8(13)3-4-10(9)14/h3-4,6-7,11-12H,2,5H2,1H3. The van der Waals surface area contributed by atoms with Crippen LogP contribution >= 0.6 is 43.5 Å². The molecule has 0 amide bonds. The molecule has 1 nitrogen and oxygen atoms in total. The van der Waals surface area contributed by atoms with Gasteiger partial charge in [0.15, 0.2) is 0 Å². The van der Waals surface area contributed by atoms with Gasteiger partial charge in [-0.3, -0.25) is 0 Å². The maximum atomic E-state index is 6.48. The van der Waals surface area contributed by atoms with Crippen molar-refractivity contribution < 1.29 is 4.74 Å². The smallest absolute Gasteiger partial charge is 0.0858 e. The van der Waals surface area contributed by atoms with E-state index >= 15 is 0 Å². The predicted molar refractivity (Wildman–Crippen MR) is 74.0 cm³/mol. The third kappa shape index (κ3) is 2.81. The average molecular weight is 368 g/mol. The molecule has 1 aliphatic rings. The zero-order chi connectivity index (χ0) is 11.7. The number of hydrogen-bond acceptors (Lipinski definition) is 1. The Morgan fingerprint density at radius 2 is 2.12 bits per heavy atom. The fourth-order valence-corrected chi connectivity index (χ4v) is 3.34. The van der Waals surface area contributed by atoms with Crippen LogP contribution in [0.4, 0.5) is 0 Å². The number of halogens is 3. The molecular weight excluding hydrogens is 355 g/mol. The molecule has 0 aliphatic carbocycles. The first-order valence-electron chi connectivity index (χ1n) is 5.32. The highest BCUT2D eigenvalue weighted by Crippen LogP contribution is 2.38. The highest BCUT2D eigenvalue weighted by Gasteiger charge is 2.30. The molecule has 88 valence electrons. The van der Waals surface area contributed by atoms with Gasteiger partial charge in [0.1, 0.15) is 0 Å². The summed E-state index contributed by atoms with van der Waals surface area (Å²) in [6.45, 7) is 2.10. The second kappa shape index (κ2) is 5.38. The summed E-state index contributed by atoms with van der Waals surface area (Å²) in [6, 6.07) is 6.05. The Kier molecular flexibility index (Phi) is 4.33. The van der Waals surface area contributed by atoms with Gasteiger partial charge < -0.3 is 4.74 Å². The normalized spacial score (nSPS) is 27.0. The summed E-state index contributed by atoms with van der Waals surface area (Å²) in [4.78, 5) is 0. The van der Waals surface area contributed by atoms with Crippen molar-refractivity contribution in [2.24, 2.45) is 0 Å². The lowest BCUT2D eigenvalue weighted by molar-refractivity contribution is 0.0532. The van der Waals surface area contributed by atoms with E-state index in [-0.39, 0.29) is 11.5 Å². The Morgan fingerprint density at radius 3 is 2.75 bits per heavy atom. The lowest BCUT2D eigenvalue weighted by Crippen LogP contribution is -2.15.